The van der Waals surface area contributed by atoms with Crippen molar-refractivity contribution >= 4 is 9.84 Å². The molecular formula is C16H25O2S-. The van der Waals surface area contributed by atoms with Crippen LogP contribution in [0.25, 0.3) is 0 Å². The van der Waals surface area contributed by atoms with E-state index >= 15 is 0 Å². The Kier molecular flexibility index (Phi) is 4.40. The fourth-order valence-corrected chi connectivity index (χ4v) is 3.64. The van der Waals surface area contributed by atoms with E-state index in [9.17, 15) is 8.42 Å². The summed E-state index contributed by atoms with van der Waals surface area (Å²) in [6.07, 6.45) is 9.99. The van der Waals surface area contributed by atoms with Crippen LogP contribution in [-0.2, 0) is 9.84 Å². The Hall–Kier alpha value is -0.960. The van der Waals surface area contributed by atoms with Gasteiger partial charge in [-0.3, -0.25) is 0 Å². The highest BCUT2D eigenvalue weighted by Crippen LogP contribution is 2.36. The molecule has 0 aromatic heterocycles. The lowest BCUT2D eigenvalue weighted by molar-refractivity contribution is 0.413. The summed E-state index contributed by atoms with van der Waals surface area (Å²) in [4.78, 5) is 0.549. The van der Waals surface area contributed by atoms with E-state index in [-0.39, 0.29) is 5.41 Å². The van der Waals surface area contributed by atoms with Crippen LogP contribution in [0.1, 0.15) is 48.0 Å². The number of sulfone groups is 1. The highest BCUT2D eigenvalue weighted by atomic mass is 32.2. The molecule has 0 saturated carbocycles. The number of allylic oxidation sites excluding steroid dienone is 6. The maximum absolute atomic E-state index is 12.8. The molecule has 1 rings (SSSR count). The summed E-state index contributed by atoms with van der Waals surface area (Å²) in [5.41, 5.74) is 0.746. The monoisotopic (exact) mass is 281 g/mol. The largest absolute Gasteiger partial charge is 0.233 e. The van der Waals surface area contributed by atoms with E-state index < -0.39 is 14.6 Å². The molecular weight excluding hydrogens is 256 g/mol. The lowest BCUT2D eigenvalue weighted by atomic mass is 9.90. The summed E-state index contributed by atoms with van der Waals surface area (Å²) in [6.45, 7) is 11.5. The maximum Gasteiger partial charge on any atom is 0.146 e. The fourth-order valence-electron chi connectivity index (χ4n) is 1.83. The first-order valence-corrected chi connectivity index (χ1v) is 8.09. The third kappa shape index (κ3) is 4.00. The summed E-state index contributed by atoms with van der Waals surface area (Å²) in [5.74, 6) is 0. The second-order valence-electron chi connectivity index (χ2n) is 7.14. The van der Waals surface area contributed by atoms with Gasteiger partial charge in [0.15, 0.2) is 0 Å². The van der Waals surface area contributed by atoms with E-state index in [2.05, 4.69) is 20.8 Å². The minimum absolute atomic E-state index is 0.0660. The van der Waals surface area contributed by atoms with Gasteiger partial charge >= 0.3 is 0 Å². The van der Waals surface area contributed by atoms with Gasteiger partial charge in [-0.25, -0.2) is 8.42 Å². The Morgan fingerprint density at radius 3 is 2.05 bits per heavy atom. The van der Waals surface area contributed by atoms with Crippen LogP contribution in [0.2, 0.25) is 0 Å². The lowest BCUT2D eigenvalue weighted by Crippen LogP contribution is -2.31. The SMILES string of the molecule is CC(C)(C)C/C(=C1/C=CC=C[CH-]1)S(=O)(=O)C(C)(C)C. The Labute approximate surface area is 118 Å². The number of rotatable bonds is 2. The van der Waals surface area contributed by atoms with Gasteiger partial charge in [0.2, 0.25) is 0 Å². The molecule has 3 heteroatoms. The average molecular weight is 281 g/mol. The smallest absolute Gasteiger partial charge is 0.146 e. The van der Waals surface area contributed by atoms with Crippen molar-refractivity contribution in [3.8, 4) is 0 Å². The summed E-state index contributed by atoms with van der Waals surface area (Å²) < 4.78 is 24.8. The molecule has 0 spiro atoms. The molecule has 0 aromatic rings. The van der Waals surface area contributed by atoms with Crippen LogP contribution in [0.3, 0.4) is 0 Å². The summed E-state index contributed by atoms with van der Waals surface area (Å²) in [6, 6.07) is 0. The van der Waals surface area contributed by atoms with E-state index in [0.717, 1.165) is 5.57 Å². The van der Waals surface area contributed by atoms with Crippen molar-refractivity contribution in [3.63, 3.8) is 0 Å². The Balaban J connectivity index is 3.38. The quantitative estimate of drug-likeness (QED) is 0.710. The van der Waals surface area contributed by atoms with Gasteiger partial charge in [-0.05, 0) is 37.5 Å². The third-order valence-corrected chi connectivity index (χ3v) is 5.56. The van der Waals surface area contributed by atoms with Gasteiger partial charge in [0, 0.05) is 0 Å². The van der Waals surface area contributed by atoms with Crippen molar-refractivity contribution in [1.82, 2.24) is 0 Å². The lowest BCUT2D eigenvalue weighted by Gasteiger charge is -2.32. The molecule has 0 fully saturated rings. The molecule has 1 aliphatic carbocycles. The van der Waals surface area contributed by atoms with Gasteiger partial charge in [0.1, 0.15) is 9.84 Å². The number of hydrogen-bond donors (Lipinski definition) is 0. The van der Waals surface area contributed by atoms with Gasteiger partial charge in [0.05, 0.1) is 4.75 Å². The van der Waals surface area contributed by atoms with Crippen LogP contribution in [0.5, 0.6) is 0 Å². The molecule has 2 nitrogen and oxygen atoms in total. The fraction of sp³-hybridized carbons (Fsp3) is 0.562. The Bertz CT molecular complexity index is 518. The van der Waals surface area contributed by atoms with Gasteiger partial charge in [-0.1, -0.05) is 20.8 Å². The zero-order chi connectivity index (χ0) is 14.9. The van der Waals surface area contributed by atoms with E-state index in [1.807, 2.05) is 30.7 Å². The van der Waals surface area contributed by atoms with Crippen LogP contribution in [0.4, 0.5) is 0 Å². The molecule has 1 aliphatic rings. The van der Waals surface area contributed by atoms with Crippen molar-refractivity contribution in [2.45, 2.75) is 52.7 Å². The van der Waals surface area contributed by atoms with Gasteiger partial charge in [0.25, 0.3) is 0 Å². The van der Waals surface area contributed by atoms with Crippen molar-refractivity contribution in [2.24, 2.45) is 5.41 Å². The first kappa shape index (κ1) is 16.1. The average Bonchev–Trinajstić information content (AvgIpc) is 2.24. The highest BCUT2D eigenvalue weighted by molar-refractivity contribution is 7.96. The Morgan fingerprint density at radius 2 is 1.68 bits per heavy atom. The van der Waals surface area contributed by atoms with Crippen LogP contribution in [-0.4, -0.2) is 13.2 Å². The second kappa shape index (κ2) is 5.20. The minimum Gasteiger partial charge on any atom is -0.233 e. The molecule has 0 bridgehead atoms. The molecule has 108 valence electrons. The van der Waals surface area contributed by atoms with Gasteiger partial charge in [-0.15, -0.1) is 36.3 Å². The molecule has 0 saturated heterocycles. The van der Waals surface area contributed by atoms with Crippen LogP contribution in [0.15, 0.2) is 34.8 Å². The highest BCUT2D eigenvalue weighted by Gasteiger charge is 2.32. The molecule has 0 N–H and O–H groups in total. The predicted molar refractivity (Wildman–Crippen MR) is 82.4 cm³/mol. The van der Waals surface area contributed by atoms with Gasteiger partial charge < -0.3 is 0 Å². The van der Waals surface area contributed by atoms with Crippen molar-refractivity contribution < 1.29 is 8.42 Å². The van der Waals surface area contributed by atoms with Gasteiger partial charge in [-0.2, -0.15) is 0 Å². The van der Waals surface area contributed by atoms with Crippen LogP contribution >= 0.6 is 0 Å². The van der Waals surface area contributed by atoms with E-state index in [1.165, 1.54) is 0 Å². The van der Waals surface area contributed by atoms with Crippen molar-refractivity contribution in [3.05, 3.63) is 41.2 Å². The number of hydrogen-bond acceptors (Lipinski definition) is 2. The zero-order valence-corrected chi connectivity index (χ0v) is 13.6. The zero-order valence-electron chi connectivity index (χ0n) is 12.8. The molecule has 0 aliphatic heterocycles. The maximum atomic E-state index is 12.8. The normalized spacial score (nSPS) is 19.3. The van der Waals surface area contributed by atoms with Crippen molar-refractivity contribution in [1.29, 1.82) is 0 Å². The molecule has 0 radical (unpaired) electrons. The minimum atomic E-state index is -3.31. The molecule has 0 aromatic carbocycles. The first-order chi connectivity index (χ1) is 8.45. The summed E-state index contributed by atoms with van der Waals surface area (Å²) in [5, 5.41) is 0. The predicted octanol–water partition coefficient (Wildman–Crippen LogP) is 4.22. The molecule has 19 heavy (non-hydrogen) atoms. The molecule has 0 unspecified atom stereocenters. The summed E-state index contributed by atoms with van der Waals surface area (Å²) in [7, 11) is -3.31. The molecule has 0 amide bonds. The van der Waals surface area contributed by atoms with E-state index in [4.69, 9.17) is 0 Å². The van der Waals surface area contributed by atoms with Crippen molar-refractivity contribution in [2.75, 3.05) is 0 Å². The van der Waals surface area contributed by atoms with E-state index in [1.54, 1.807) is 20.8 Å². The summed E-state index contributed by atoms with van der Waals surface area (Å²) >= 11 is 0. The Morgan fingerprint density at radius 1 is 1.11 bits per heavy atom. The van der Waals surface area contributed by atoms with Crippen LogP contribution < -0.4 is 0 Å². The molecule has 0 heterocycles. The third-order valence-electron chi connectivity index (χ3n) is 2.92. The standard InChI is InChI=1S/C16H25O2S/c1-15(2,3)12-14(13-10-8-7-9-11-13)19(17,18)16(4,5)6/h7-11H,12H2,1-6H3/q-1. The second-order valence-corrected chi connectivity index (χ2v) is 9.87. The molecule has 0 atom stereocenters. The topological polar surface area (TPSA) is 34.1 Å². The first-order valence-electron chi connectivity index (χ1n) is 6.61. The van der Waals surface area contributed by atoms with E-state index in [0.29, 0.717) is 11.3 Å². The van der Waals surface area contributed by atoms with Crippen LogP contribution in [0, 0.1) is 11.8 Å².